The van der Waals surface area contributed by atoms with Crippen LogP contribution in [0.15, 0.2) is 42.7 Å². The summed E-state index contributed by atoms with van der Waals surface area (Å²) in [6.07, 6.45) is 2.73. The van der Waals surface area contributed by atoms with Crippen molar-refractivity contribution < 1.29 is 9.18 Å². The maximum atomic E-state index is 15.5. The largest absolute Gasteiger partial charge is 0.388 e. The van der Waals surface area contributed by atoms with E-state index in [4.69, 9.17) is 11.5 Å². The number of nitrogen functional groups attached to an aromatic ring is 1. The van der Waals surface area contributed by atoms with Gasteiger partial charge in [0.1, 0.15) is 11.6 Å². The zero-order chi connectivity index (χ0) is 22.3. The molecule has 0 amide bonds. The van der Waals surface area contributed by atoms with Crippen LogP contribution in [0.5, 0.6) is 0 Å². The molecule has 2 atom stereocenters. The van der Waals surface area contributed by atoms with Gasteiger partial charge in [-0.1, -0.05) is 33.1 Å². The molecule has 0 radical (unpaired) electrons. The molecule has 0 aliphatic heterocycles. The molecule has 0 aliphatic carbocycles. The van der Waals surface area contributed by atoms with Crippen molar-refractivity contribution in [3.8, 4) is 0 Å². The smallest absolute Gasteiger partial charge is 0.197 e. The van der Waals surface area contributed by atoms with E-state index >= 15 is 4.39 Å². The van der Waals surface area contributed by atoms with Crippen LogP contribution in [0, 0.1) is 12.7 Å². The monoisotopic (exact) mass is 429 g/mol. The molecule has 1 heterocycles. The van der Waals surface area contributed by atoms with Crippen LogP contribution in [0.4, 0.5) is 10.2 Å². The minimum absolute atomic E-state index is 0. The molecule has 0 aliphatic rings. The van der Waals surface area contributed by atoms with Crippen molar-refractivity contribution in [2.24, 2.45) is 5.73 Å². The minimum Gasteiger partial charge on any atom is -0.388 e. The van der Waals surface area contributed by atoms with Gasteiger partial charge in [-0.25, -0.2) is 9.37 Å². The van der Waals surface area contributed by atoms with Crippen molar-refractivity contribution in [1.82, 2.24) is 15.6 Å². The van der Waals surface area contributed by atoms with E-state index in [1.54, 1.807) is 25.1 Å². The lowest BCUT2D eigenvalue weighted by Gasteiger charge is -2.25. The third-order valence-corrected chi connectivity index (χ3v) is 5.00. The third kappa shape index (κ3) is 6.87. The second-order valence-corrected chi connectivity index (χ2v) is 7.51. The van der Waals surface area contributed by atoms with Crippen molar-refractivity contribution in [2.45, 2.75) is 53.1 Å². The Kier molecular flexibility index (Phi) is 10.3. The summed E-state index contributed by atoms with van der Waals surface area (Å²) in [6.45, 7) is 10.9. The van der Waals surface area contributed by atoms with Gasteiger partial charge in [-0.15, -0.1) is 0 Å². The SMILES string of the molecule is C.C=C(CC(C)NC(CC)c1ccc(C)c(C(=O)c2ccc(N)nc2)c1F)NCCN. The number of anilines is 1. The fourth-order valence-electron chi connectivity index (χ4n) is 3.44. The summed E-state index contributed by atoms with van der Waals surface area (Å²) in [6, 6.07) is 6.46. The lowest BCUT2D eigenvalue weighted by Crippen LogP contribution is -2.33. The summed E-state index contributed by atoms with van der Waals surface area (Å²) >= 11 is 0. The Hall–Kier alpha value is -2.77. The van der Waals surface area contributed by atoms with Gasteiger partial charge in [-0.05, 0) is 38.0 Å². The lowest BCUT2D eigenvalue weighted by molar-refractivity contribution is 0.103. The van der Waals surface area contributed by atoms with Crippen molar-refractivity contribution in [3.05, 3.63) is 70.8 Å². The fraction of sp³-hybridized carbons (Fsp3) is 0.417. The summed E-state index contributed by atoms with van der Waals surface area (Å²) in [7, 11) is 0. The maximum Gasteiger partial charge on any atom is 0.197 e. The number of aryl methyl sites for hydroxylation is 1. The number of halogens is 1. The molecule has 1 aromatic carbocycles. The van der Waals surface area contributed by atoms with E-state index in [9.17, 15) is 4.79 Å². The highest BCUT2D eigenvalue weighted by molar-refractivity contribution is 6.10. The molecular formula is C24H36FN5O. The molecule has 0 bridgehead atoms. The van der Waals surface area contributed by atoms with Gasteiger partial charge < -0.3 is 22.1 Å². The Morgan fingerprint density at radius 1 is 1.29 bits per heavy atom. The Balaban J connectivity index is 0.00000480. The molecule has 2 unspecified atom stereocenters. The summed E-state index contributed by atoms with van der Waals surface area (Å²) in [4.78, 5) is 16.9. The Morgan fingerprint density at radius 3 is 2.58 bits per heavy atom. The number of rotatable bonds is 11. The number of ketones is 1. The van der Waals surface area contributed by atoms with Gasteiger partial charge in [0.05, 0.1) is 5.56 Å². The zero-order valence-corrected chi connectivity index (χ0v) is 18.0. The second kappa shape index (κ2) is 12.2. The van der Waals surface area contributed by atoms with Crippen molar-refractivity contribution >= 4 is 11.6 Å². The highest BCUT2D eigenvalue weighted by atomic mass is 19.1. The van der Waals surface area contributed by atoms with Gasteiger partial charge in [-0.3, -0.25) is 4.79 Å². The second-order valence-electron chi connectivity index (χ2n) is 7.51. The average Bonchev–Trinajstić information content (AvgIpc) is 2.71. The molecule has 2 rings (SSSR count). The summed E-state index contributed by atoms with van der Waals surface area (Å²) < 4.78 is 15.5. The highest BCUT2D eigenvalue weighted by Gasteiger charge is 2.24. The molecule has 6 N–H and O–H groups in total. The van der Waals surface area contributed by atoms with Gasteiger partial charge in [0.25, 0.3) is 0 Å². The number of benzene rings is 1. The van der Waals surface area contributed by atoms with Gasteiger partial charge in [0.2, 0.25) is 0 Å². The number of carbonyl (C=O) groups is 1. The number of carbonyl (C=O) groups excluding carboxylic acids is 1. The van der Waals surface area contributed by atoms with Crippen LogP contribution in [0.1, 0.15) is 67.2 Å². The van der Waals surface area contributed by atoms with E-state index < -0.39 is 11.6 Å². The number of aromatic nitrogens is 1. The molecule has 0 fully saturated rings. The molecule has 170 valence electrons. The lowest BCUT2D eigenvalue weighted by atomic mass is 9.93. The van der Waals surface area contributed by atoms with Crippen LogP contribution in [0.25, 0.3) is 0 Å². The molecule has 0 saturated heterocycles. The van der Waals surface area contributed by atoms with Crippen LogP contribution in [-0.4, -0.2) is 29.9 Å². The predicted molar refractivity (Wildman–Crippen MR) is 126 cm³/mol. The topological polar surface area (TPSA) is 106 Å². The van der Waals surface area contributed by atoms with E-state index in [0.29, 0.717) is 48.4 Å². The molecule has 2 aromatic rings. The van der Waals surface area contributed by atoms with E-state index in [2.05, 4.69) is 22.2 Å². The Bertz CT molecular complexity index is 882. The number of pyridine rings is 1. The van der Waals surface area contributed by atoms with E-state index in [1.807, 2.05) is 13.8 Å². The summed E-state index contributed by atoms with van der Waals surface area (Å²) in [5.41, 5.74) is 13.4. The van der Waals surface area contributed by atoms with Gasteiger partial charge in [0, 0.05) is 54.6 Å². The van der Waals surface area contributed by atoms with Crippen LogP contribution in [0.3, 0.4) is 0 Å². The standard InChI is InChI=1S/C23H32FN5O.CH4/c1-5-19(29-16(4)12-15(3)27-11-10-25)18-8-6-14(2)21(22(18)24)23(30)17-7-9-20(26)28-13-17;/h6-9,13,16,19,27,29H,3,5,10-12,25H2,1-2,4H3,(H2,26,28);1H4. The first-order valence-electron chi connectivity index (χ1n) is 10.2. The first-order chi connectivity index (χ1) is 14.3. The van der Waals surface area contributed by atoms with E-state index in [-0.39, 0.29) is 25.1 Å². The molecular weight excluding hydrogens is 393 g/mol. The average molecular weight is 430 g/mol. The number of nitrogens with two attached hydrogens (primary N) is 2. The fourth-order valence-corrected chi connectivity index (χ4v) is 3.44. The van der Waals surface area contributed by atoms with Crippen LogP contribution in [0.2, 0.25) is 0 Å². The first kappa shape index (κ1) is 26.3. The van der Waals surface area contributed by atoms with Crippen LogP contribution >= 0.6 is 0 Å². The Morgan fingerprint density at radius 2 is 2.00 bits per heavy atom. The number of nitrogens with one attached hydrogen (secondary N) is 2. The van der Waals surface area contributed by atoms with Gasteiger partial charge in [-0.2, -0.15) is 0 Å². The number of nitrogens with zero attached hydrogens (tertiary/aromatic N) is 1. The van der Waals surface area contributed by atoms with Crippen LogP contribution in [-0.2, 0) is 0 Å². The maximum absolute atomic E-state index is 15.5. The molecule has 31 heavy (non-hydrogen) atoms. The normalized spacial score (nSPS) is 12.5. The first-order valence-corrected chi connectivity index (χ1v) is 10.2. The molecule has 7 heteroatoms. The predicted octanol–water partition coefficient (Wildman–Crippen LogP) is 3.86. The highest BCUT2D eigenvalue weighted by Crippen LogP contribution is 2.27. The zero-order valence-electron chi connectivity index (χ0n) is 18.0. The molecule has 0 spiro atoms. The van der Waals surface area contributed by atoms with Crippen molar-refractivity contribution in [3.63, 3.8) is 0 Å². The summed E-state index contributed by atoms with van der Waals surface area (Å²) in [5, 5.41) is 6.62. The van der Waals surface area contributed by atoms with Gasteiger partial charge >= 0.3 is 0 Å². The molecule has 0 saturated carbocycles. The number of hydrogen-bond acceptors (Lipinski definition) is 6. The molecule has 1 aromatic heterocycles. The quantitative estimate of drug-likeness (QED) is 0.404. The minimum atomic E-state index is -0.497. The van der Waals surface area contributed by atoms with E-state index in [0.717, 1.165) is 5.70 Å². The Labute approximate surface area is 185 Å². The van der Waals surface area contributed by atoms with E-state index in [1.165, 1.54) is 12.3 Å². The summed E-state index contributed by atoms with van der Waals surface area (Å²) in [5.74, 6) is -0.589. The number of hydrogen-bond donors (Lipinski definition) is 4. The molecule has 6 nitrogen and oxygen atoms in total. The third-order valence-electron chi connectivity index (χ3n) is 5.00. The van der Waals surface area contributed by atoms with Gasteiger partial charge in [0.15, 0.2) is 5.78 Å². The van der Waals surface area contributed by atoms with Crippen molar-refractivity contribution in [1.29, 1.82) is 0 Å². The van der Waals surface area contributed by atoms with Crippen LogP contribution < -0.4 is 22.1 Å². The van der Waals surface area contributed by atoms with Crippen molar-refractivity contribution in [2.75, 3.05) is 18.8 Å².